The summed E-state index contributed by atoms with van der Waals surface area (Å²) in [6.45, 7) is 0. The highest BCUT2D eigenvalue weighted by Gasteiger charge is 2.04. The van der Waals surface area contributed by atoms with Crippen molar-refractivity contribution in [2.24, 2.45) is 0 Å². The van der Waals surface area contributed by atoms with Crippen LogP contribution in [-0.4, -0.2) is 18.1 Å². The lowest BCUT2D eigenvalue weighted by atomic mass is 10.1. The SMILES string of the molecule is COc1ccc2[nH]cc(CC(=O)[O-])c2c1. The maximum atomic E-state index is 10.5. The molecule has 0 amide bonds. The van der Waals surface area contributed by atoms with Crippen LogP contribution in [-0.2, 0) is 11.2 Å². The zero-order valence-corrected chi connectivity index (χ0v) is 8.24. The summed E-state index contributed by atoms with van der Waals surface area (Å²) in [6, 6.07) is 5.48. The van der Waals surface area contributed by atoms with E-state index in [9.17, 15) is 9.90 Å². The lowest BCUT2D eigenvalue weighted by Gasteiger charge is -2.02. The number of carboxylic acid groups (broad SMARTS) is 1. The summed E-state index contributed by atoms with van der Waals surface area (Å²) in [5, 5.41) is 11.4. The minimum Gasteiger partial charge on any atom is -0.550 e. The Morgan fingerprint density at radius 1 is 1.53 bits per heavy atom. The van der Waals surface area contributed by atoms with Gasteiger partial charge in [-0.25, -0.2) is 0 Å². The molecule has 0 aliphatic rings. The molecule has 15 heavy (non-hydrogen) atoms. The van der Waals surface area contributed by atoms with Crippen molar-refractivity contribution in [3.63, 3.8) is 0 Å². The molecule has 0 unspecified atom stereocenters. The van der Waals surface area contributed by atoms with Gasteiger partial charge >= 0.3 is 0 Å². The Morgan fingerprint density at radius 3 is 3.00 bits per heavy atom. The van der Waals surface area contributed by atoms with E-state index in [4.69, 9.17) is 4.74 Å². The number of carbonyl (C=O) groups excluding carboxylic acids is 1. The number of rotatable bonds is 3. The maximum absolute atomic E-state index is 10.5. The highest BCUT2D eigenvalue weighted by atomic mass is 16.5. The molecule has 0 bridgehead atoms. The van der Waals surface area contributed by atoms with Gasteiger partial charge in [0.15, 0.2) is 0 Å². The zero-order valence-electron chi connectivity index (χ0n) is 8.24. The van der Waals surface area contributed by atoms with E-state index in [1.54, 1.807) is 13.3 Å². The van der Waals surface area contributed by atoms with Gasteiger partial charge in [-0.2, -0.15) is 0 Å². The molecule has 0 saturated heterocycles. The zero-order chi connectivity index (χ0) is 10.8. The number of ether oxygens (including phenoxy) is 1. The monoisotopic (exact) mass is 204 g/mol. The molecule has 2 aromatic rings. The van der Waals surface area contributed by atoms with Gasteiger partial charge in [0, 0.05) is 29.5 Å². The summed E-state index contributed by atoms with van der Waals surface area (Å²) < 4.78 is 5.07. The molecule has 1 aromatic carbocycles. The van der Waals surface area contributed by atoms with Gasteiger partial charge in [-0.3, -0.25) is 0 Å². The topological polar surface area (TPSA) is 65.2 Å². The first-order valence-electron chi connectivity index (χ1n) is 4.54. The second-order valence-corrected chi connectivity index (χ2v) is 3.27. The molecule has 78 valence electrons. The van der Waals surface area contributed by atoms with Crippen LogP contribution in [0.15, 0.2) is 24.4 Å². The number of nitrogens with one attached hydrogen (secondary N) is 1. The van der Waals surface area contributed by atoms with E-state index >= 15 is 0 Å². The number of methoxy groups -OCH3 is 1. The van der Waals surface area contributed by atoms with Gasteiger partial charge in [0.25, 0.3) is 0 Å². The van der Waals surface area contributed by atoms with Gasteiger partial charge in [0.1, 0.15) is 5.75 Å². The van der Waals surface area contributed by atoms with Gasteiger partial charge in [-0.15, -0.1) is 0 Å². The van der Waals surface area contributed by atoms with Crippen molar-refractivity contribution in [2.45, 2.75) is 6.42 Å². The van der Waals surface area contributed by atoms with Crippen LogP contribution in [0.1, 0.15) is 5.56 Å². The third-order valence-electron chi connectivity index (χ3n) is 2.31. The fraction of sp³-hybridized carbons (Fsp3) is 0.182. The molecule has 1 aromatic heterocycles. The van der Waals surface area contributed by atoms with Gasteiger partial charge in [-0.1, -0.05) is 0 Å². The molecule has 0 aliphatic carbocycles. The minimum atomic E-state index is -1.08. The summed E-state index contributed by atoms with van der Waals surface area (Å²) >= 11 is 0. The highest BCUT2D eigenvalue weighted by Crippen LogP contribution is 2.23. The van der Waals surface area contributed by atoms with E-state index in [2.05, 4.69) is 4.98 Å². The van der Waals surface area contributed by atoms with E-state index in [0.717, 1.165) is 10.9 Å². The van der Waals surface area contributed by atoms with Crippen LogP contribution in [0.3, 0.4) is 0 Å². The van der Waals surface area contributed by atoms with Crippen molar-refractivity contribution in [1.29, 1.82) is 0 Å². The first-order valence-corrected chi connectivity index (χ1v) is 4.54. The molecule has 4 nitrogen and oxygen atoms in total. The Balaban J connectivity index is 2.51. The Bertz CT molecular complexity index is 502. The molecule has 0 aliphatic heterocycles. The Hall–Kier alpha value is -1.97. The van der Waals surface area contributed by atoms with E-state index in [1.165, 1.54) is 0 Å². The third-order valence-corrected chi connectivity index (χ3v) is 2.31. The lowest BCUT2D eigenvalue weighted by Crippen LogP contribution is -2.24. The number of aromatic amines is 1. The van der Waals surface area contributed by atoms with Crippen LogP contribution in [0.4, 0.5) is 0 Å². The summed E-state index contributed by atoms with van der Waals surface area (Å²) in [5.41, 5.74) is 1.61. The van der Waals surface area contributed by atoms with E-state index < -0.39 is 5.97 Å². The number of carbonyl (C=O) groups is 1. The molecule has 1 N–H and O–H groups in total. The summed E-state index contributed by atoms with van der Waals surface area (Å²) in [5.74, 6) is -0.375. The van der Waals surface area contributed by atoms with Crippen molar-refractivity contribution < 1.29 is 14.6 Å². The van der Waals surface area contributed by atoms with Crippen molar-refractivity contribution in [2.75, 3.05) is 7.11 Å². The maximum Gasteiger partial charge on any atom is 0.119 e. The van der Waals surface area contributed by atoms with Crippen molar-refractivity contribution in [1.82, 2.24) is 4.98 Å². The highest BCUT2D eigenvalue weighted by molar-refractivity contribution is 5.87. The van der Waals surface area contributed by atoms with Crippen LogP contribution < -0.4 is 9.84 Å². The van der Waals surface area contributed by atoms with Gasteiger partial charge in [-0.05, 0) is 23.8 Å². The Kier molecular flexibility index (Phi) is 2.33. The number of aliphatic carboxylic acids is 1. The second kappa shape index (κ2) is 3.65. The Labute approximate surface area is 86.5 Å². The third kappa shape index (κ3) is 1.79. The van der Waals surface area contributed by atoms with Crippen LogP contribution >= 0.6 is 0 Å². The van der Waals surface area contributed by atoms with Crippen LogP contribution in [0.25, 0.3) is 10.9 Å². The van der Waals surface area contributed by atoms with Crippen molar-refractivity contribution in [3.8, 4) is 5.75 Å². The minimum absolute atomic E-state index is 0.0901. The molecule has 0 radical (unpaired) electrons. The number of H-pyrrole nitrogens is 1. The molecule has 0 atom stereocenters. The number of benzene rings is 1. The summed E-state index contributed by atoms with van der Waals surface area (Å²) in [6.07, 6.45) is 1.59. The quantitative estimate of drug-likeness (QED) is 0.790. The fourth-order valence-corrected chi connectivity index (χ4v) is 1.59. The predicted molar refractivity (Wildman–Crippen MR) is 53.6 cm³/mol. The lowest BCUT2D eigenvalue weighted by molar-refractivity contribution is -0.304. The predicted octanol–water partition coefficient (Wildman–Crippen LogP) is 0.469. The smallest absolute Gasteiger partial charge is 0.119 e. The number of hydrogen-bond donors (Lipinski definition) is 1. The van der Waals surface area contributed by atoms with Crippen molar-refractivity contribution in [3.05, 3.63) is 30.0 Å². The first-order chi connectivity index (χ1) is 7.20. The summed E-state index contributed by atoms with van der Waals surface area (Å²) in [7, 11) is 1.58. The van der Waals surface area contributed by atoms with E-state index in [-0.39, 0.29) is 6.42 Å². The number of aromatic nitrogens is 1. The molecule has 0 spiro atoms. The largest absolute Gasteiger partial charge is 0.550 e. The normalized spacial score (nSPS) is 10.5. The van der Waals surface area contributed by atoms with Gasteiger partial charge in [0.2, 0.25) is 0 Å². The van der Waals surface area contributed by atoms with Crippen LogP contribution in [0.2, 0.25) is 0 Å². The summed E-state index contributed by atoms with van der Waals surface area (Å²) in [4.78, 5) is 13.5. The molecule has 0 saturated carbocycles. The van der Waals surface area contributed by atoms with E-state index in [1.807, 2.05) is 18.2 Å². The number of hydrogen-bond acceptors (Lipinski definition) is 3. The second-order valence-electron chi connectivity index (χ2n) is 3.27. The van der Waals surface area contributed by atoms with Crippen LogP contribution in [0, 0.1) is 0 Å². The molecular formula is C11H10NO3-. The van der Waals surface area contributed by atoms with E-state index in [0.29, 0.717) is 11.3 Å². The average molecular weight is 204 g/mol. The van der Waals surface area contributed by atoms with Gasteiger partial charge in [0.05, 0.1) is 7.11 Å². The first kappa shape index (κ1) is 9.58. The number of carboxylic acids is 1. The fourth-order valence-electron chi connectivity index (χ4n) is 1.59. The van der Waals surface area contributed by atoms with Crippen LogP contribution in [0.5, 0.6) is 5.75 Å². The average Bonchev–Trinajstić information content (AvgIpc) is 2.60. The molecule has 2 rings (SSSR count). The number of fused-ring (bicyclic) bond motifs is 1. The molecule has 1 heterocycles. The Morgan fingerprint density at radius 2 is 2.33 bits per heavy atom. The molecule has 4 heteroatoms. The standard InChI is InChI=1S/C11H11NO3/c1-15-8-2-3-10-9(5-8)7(6-12-10)4-11(13)14/h2-3,5-6,12H,4H2,1H3,(H,13,14)/p-1. The van der Waals surface area contributed by atoms with Gasteiger partial charge < -0.3 is 19.6 Å². The molecular weight excluding hydrogens is 194 g/mol. The molecule has 0 fully saturated rings. The van der Waals surface area contributed by atoms with Crippen molar-refractivity contribution >= 4 is 16.9 Å².